The van der Waals surface area contributed by atoms with Crippen molar-refractivity contribution in [2.75, 3.05) is 19.5 Å². The van der Waals surface area contributed by atoms with E-state index >= 15 is 0 Å². The van der Waals surface area contributed by atoms with Gasteiger partial charge in [0.1, 0.15) is 11.4 Å². The highest BCUT2D eigenvalue weighted by molar-refractivity contribution is 7.14. The second kappa shape index (κ2) is 7.18. The van der Waals surface area contributed by atoms with Crippen LogP contribution in [0.15, 0.2) is 41.9 Å². The molecule has 25 heavy (non-hydrogen) atoms. The first-order chi connectivity index (χ1) is 12.1. The van der Waals surface area contributed by atoms with Crippen molar-refractivity contribution in [2.24, 2.45) is 0 Å². The average Bonchev–Trinajstić information content (AvgIpc) is 3.30. The van der Waals surface area contributed by atoms with Crippen LogP contribution < -0.4 is 10.1 Å². The van der Waals surface area contributed by atoms with Crippen molar-refractivity contribution in [3.05, 3.63) is 53.2 Å². The van der Waals surface area contributed by atoms with E-state index in [2.05, 4.69) is 20.0 Å². The number of H-pyrrole nitrogens is 1. The van der Waals surface area contributed by atoms with E-state index in [1.807, 2.05) is 0 Å². The standard InChI is InChI=1S/C17H15N3O4S/c1-23-12-5-3-10(4-6-12)15(21)20-17-19-14(9-25-17)11-7-13(18-8-11)16(22)24-2/h3-9,18H,1-2H3,(H,19,20,21). The number of anilines is 1. The van der Waals surface area contributed by atoms with E-state index in [9.17, 15) is 9.59 Å². The Morgan fingerprint density at radius 1 is 1.20 bits per heavy atom. The number of carbonyl (C=O) groups is 2. The number of methoxy groups -OCH3 is 2. The van der Waals surface area contributed by atoms with E-state index < -0.39 is 5.97 Å². The van der Waals surface area contributed by atoms with E-state index in [4.69, 9.17) is 4.74 Å². The summed E-state index contributed by atoms with van der Waals surface area (Å²) < 4.78 is 9.72. The van der Waals surface area contributed by atoms with Crippen molar-refractivity contribution in [3.63, 3.8) is 0 Å². The Hall–Kier alpha value is -3.13. The summed E-state index contributed by atoms with van der Waals surface area (Å²) in [5.74, 6) is -0.0238. The lowest BCUT2D eigenvalue weighted by molar-refractivity contribution is 0.0594. The molecule has 0 bridgehead atoms. The molecule has 0 aliphatic carbocycles. The number of aromatic nitrogens is 2. The van der Waals surface area contributed by atoms with Crippen LogP contribution in [0.4, 0.5) is 5.13 Å². The summed E-state index contributed by atoms with van der Waals surface area (Å²) in [5, 5.41) is 5.02. The zero-order valence-electron chi connectivity index (χ0n) is 13.5. The maximum absolute atomic E-state index is 12.2. The van der Waals surface area contributed by atoms with Gasteiger partial charge in [-0.05, 0) is 30.3 Å². The monoisotopic (exact) mass is 357 g/mol. The minimum atomic E-state index is -0.450. The summed E-state index contributed by atoms with van der Waals surface area (Å²) >= 11 is 1.30. The molecule has 0 aliphatic heterocycles. The Kier molecular flexibility index (Phi) is 4.80. The third kappa shape index (κ3) is 3.69. The van der Waals surface area contributed by atoms with E-state index in [0.717, 1.165) is 5.56 Å². The van der Waals surface area contributed by atoms with Crippen LogP contribution in [0.3, 0.4) is 0 Å². The van der Waals surface area contributed by atoms with Gasteiger partial charge in [0.05, 0.1) is 19.9 Å². The molecule has 0 radical (unpaired) electrons. The molecule has 0 saturated heterocycles. The minimum Gasteiger partial charge on any atom is -0.497 e. The van der Waals surface area contributed by atoms with Gasteiger partial charge in [-0.25, -0.2) is 9.78 Å². The molecule has 0 fully saturated rings. The van der Waals surface area contributed by atoms with Crippen LogP contribution in [0.2, 0.25) is 0 Å². The van der Waals surface area contributed by atoms with Crippen LogP contribution in [0, 0.1) is 0 Å². The molecular weight excluding hydrogens is 342 g/mol. The molecule has 1 aromatic carbocycles. The number of rotatable bonds is 5. The summed E-state index contributed by atoms with van der Waals surface area (Å²) in [6, 6.07) is 8.44. The molecule has 0 atom stereocenters. The normalized spacial score (nSPS) is 10.3. The quantitative estimate of drug-likeness (QED) is 0.684. The fraction of sp³-hybridized carbons (Fsp3) is 0.118. The van der Waals surface area contributed by atoms with Crippen LogP contribution in [-0.2, 0) is 4.74 Å². The van der Waals surface area contributed by atoms with Gasteiger partial charge in [-0.3, -0.25) is 10.1 Å². The molecule has 2 N–H and O–H groups in total. The molecule has 128 valence electrons. The third-order valence-electron chi connectivity index (χ3n) is 3.46. The van der Waals surface area contributed by atoms with Gasteiger partial charge >= 0.3 is 5.97 Å². The number of thiazole rings is 1. The first-order valence-electron chi connectivity index (χ1n) is 7.28. The van der Waals surface area contributed by atoms with Crippen molar-refractivity contribution >= 4 is 28.3 Å². The highest BCUT2D eigenvalue weighted by Crippen LogP contribution is 2.26. The fourth-order valence-electron chi connectivity index (χ4n) is 2.15. The Morgan fingerprint density at radius 3 is 2.64 bits per heavy atom. The Balaban J connectivity index is 1.71. The number of carbonyl (C=O) groups excluding carboxylic acids is 2. The largest absolute Gasteiger partial charge is 0.497 e. The van der Waals surface area contributed by atoms with Gasteiger partial charge in [-0.2, -0.15) is 0 Å². The lowest BCUT2D eigenvalue weighted by Crippen LogP contribution is -2.11. The minimum absolute atomic E-state index is 0.257. The van der Waals surface area contributed by atoms with Crippen LogP contribution in [0.1, 0.15) is 20.8 Å². The first-order valence-corrected chi connectivity index (χ1v) is 8.16. The van der Waals surface area contributed by atoms with E-state index in [1.165, 1.54) is 18.4 Å². The highest BCUT2D eigenvalue weighted by Gasteiger charge is 2.13. The number of amides is 1. The highest BCUT2D eigenvalue weighted by atomic mass is 32.1. The summed E-state index contributed by atoms with van der Waals surface area (Å²) in [5.41, 5.74) is 2.24. The maximum atomic E-state index is 12.2. The summed E-state index contributed by atoms with van der Waals surface area (Å²) in [4.78, 5) is 30.9. The molecule has 0 saturated carbocycles. The molecule has 0 spiro atoms. The average molecular weight is 357 g/mol. The van der Waals surface area contributed by atoms with Crippen LogP contribution >= 0.6 is 11.3 Å². The number of benzene rings is 1. The molecule has 0 unspecified atom stereocenters. The van der Waals surface area contributed by atoms with Crippen molar-refractivity contribution in [2.45, 2.75) is 0 Å². The molecule has 3 aromatic rings. The van der Waals surface area contributed by atoms with Gasteiger partial charge in [0, 0.05) is 22.7 Å². The molecule has 8 heteroatoms. The molecule has 7 nitrogen and oxygen atoms in total. The van der Waals surface area contributed by atoms with Crippen LogP contribution in [0.25, 0.3) is 11.3 Å². The second-order valence-corrected chi connectivity index (χ2v) is 5.87. The smallest absolute Gasteiger partial charge is 0.354 e. The Labute approximate surface area is 147 Å². The fourth-order valence-corrected chi connectivity index (χ4v) is 2.86. The van der Waals surface area contributed by atoms with Crippen LogP contribution in [-0.4, -0.2) is 36.1 Å². The van der Waals surface area contributed by atoms with Gasteiger partial charge in [-0.15, -0.1) is 11.3 Å². The molecule has 3 rings (SSSR count). The molecular formula is C17H15N3O4S. The Morgan fingerprint density at radius 2 is 1.96 bits per heavy atom. The maximum Gasteiger partial charge on any atom is 0.354 e. The number of esters is 1. The molecule has 0 aliphatic rings. The summed E-state index contributed by atoms with van der Waals surface area (Å²) in [7, 11) is 2.89. The van der Waals surface area contributed by atoms with E-state index in [1.54, 1.807) is 49.0 Å². The van der Waals surface area contributed by atoms with Gasteiger partial charge in [0.15, 0.2) is 5.13 Å². The van der Waals surface area contributed by atoms with Crippen molar-refractivity contribution < 1.29 is 19.1 Å². The zero-order chi connectivity index (χ0) is 17.8. The topological polar surface area (TPSA) is 93.3 Å². The third-order valence-corrected chi connectivity index (χ3v) is 4.22. The van der Waals surface area contributed by atoms with Gasteiger partial charge in [0.25, 0.3) is 5.91 Å². The summed E-state index contributed by atoms with van der Waals surface area (Å²) in [6.07, 6.45) is 1.66. The number of hydrogen-bond donors (Lipinski definition) is 2. The van der Waals surface area contributed by atoms with E-state index in [-0.39, 0.29) is 5.91 Å². The number of nitrogens with one attached hydrogen (secondary N) is 2. The lowest BCUT2D eigenvalue weighted by Gasteiger charge is -2.03. The number of nitrogens with zero attached hydrogens (tertiary/aromatic N) is 1. The number of aromatic amines is 1. The van der Waals surface area contributed by atoms with E-state index in [0.29, 0.717) is 27.8 Å². The molecule has 2 aromatic heterocycles. The predicted octanol–water partition coefficient (Wildman–Crippen LogP) is 3.19. The van der Waals surface area contributed by atoms with Crippen molar-refractivity contribution in [1.29, 1.82) is 0 Å². The van der Waals surface area contributed by atoms with Gasteiger partial charge in [0.2, 0.25) is 0 Å². The van der Waals surface area contributed by atoms with Crippen molar-refractivity contribution in [1.82, 2.24) is 9.97 Å². The molecule has 1 amide bonds. The number of ether oxygens (including phenoxy) is 2. The van der Waals surface area contributed by atoms with Crippen LogP contribution in [0.5, 0.6) is 5.75 Å². The number of hydrogen-bond acceptors (Lipinski definition) is 6. The second-order valence-electron chi connectivity index (χ2n) is 5.01. The van der Waals surface area contributed by atoms with Gasteiger partial charge < -0.3 is 14.5 Å². The van der Waals surface area contributed by atoms with Crippen molar-refractivity contribution in [3.8, 4) is 17.0 Å². The first kappa shape index (κ1) is 16.7. The lowest BCUT2D eigenvalue weighted by atomic mass is 10.2. The molecule has 2 heterocycles. The predicted molar refractivity (Wildman–Crippen MR) is 94.2 cm³/mol. The Bertz CT molecular complexity index is 899. The summed E-state index contributed by atoms with van der Waals surface area (Å²) in [6.45, 7) is 0. The van der Waals surface area contributed by atoms with Gasteiger partial charge in [-0.1, -0.05) is 0 Å². The zero-order valence-corrected chi connectivity index (χ0v) is 14.3. The SMILES string of the molecule is COC(=O)c1cc(-c2csc(NC(=O)c3ccc(OC)cc3)n2)c[nH]1.